The van der Waals surface area contributed by atoms with Gasteiger partial charge in [-0.1, -0.05) is 35.2 Å². The summed E-state index contributed by atoms with van der Waals surface area (Å²) in [5, 5.41) is 9.98. The van der Waals surface area contributed by atoms with Crippen LogP contribution in [0.15, 0.2) is 39.6 Å². The SMILES string of the molecule is CC(O)(c1ccc(Sc2cnc(N)s2)cc1)C(F)(F)F. The molecule has 0 aliphatic heterocycles. The molecule has 1 unspecified atom stereocenters. The lowest BCUT2D eigenvalue weighted by Gasteiger charge is -2.26. The Balaban J connectivity index is 2.18. The quantitative estimate of drug-likeness (QED) is 0.906. The molecule has 108 valence electrons. The topological polar surface area (TPSA) is 59.1 Å². The van der Waals surface area contributed by atoms with Gasteiger partial charge in [0.05, 0.1) is 10.4 Å². The maximum absolute atomic E-state index is 12.7. The van der Waals surface area contributed by atoms with Crippen molar-refractivity contribution in [1.29, 1.82) is 0 Å². The number of aliphatic hydroxyl groups is 1. The van der Waals surface area contributed by atoms with Crippen LogP contribution in [0.3, 0.4) is 0 Å². The second-order valence-electron chi connectivity index (χ2n) is 4.21. The second kappa shape index (κ2) is 5.27. The van der Waals surface area contributed by atoms with Gasteiger partial charge in [0.15, 0.2) is 10.7 Å². The van der Waals surface area contributed by atoms with E-state index >= 15 is 0 Å². The number of aromatic nitrogens is 1. The summed E-state index contributed by atoms with van der Waals surface area (Å²) >= 11 is 2.65. The number of rotatable bonds is 3. The number of anilines is 1. The Bertz CT molecular complexity index is 593. The van der Waals surface area contributed by atoms with Crippen molar-refractivity contribution in [2.24, 2.45) is 0 Å². The molecule has 0 saturated heterocycles. The summed E-state index contributed by atoms with van der Waals surface area (Å²) in [5.41, 5.74) is 2.45. The molecule has 0 spiro atoms. The van der Waals surface area contributed by atoms with Gasteiger partial charge in [0.1, 0.15) is 0 Å². The lowest BCUT2D eigenvalue weighted by molar-refractivity contribution is -0.258. The predicted octanol–water partition coefficient (Wildman–Crippen LogP) is 3.65. The van der Waals surface area contributed by atoms with E-state index < -0.39 is 11.8 Å². The van der Waals surface area contributed by atoms with Crippen molar-refractivity contribution in [2.75, 3.05) is 5.73 Å². The van der Waals surface area contributed by atoms with Crippen LogP contribution in [0.4, 0.5) is 18.3 Å². The summed E-state index contributed by atoms with van der Waals surface area (Å²) in [4.78, 5) is 4.63. The molecule has 0 bridgehead atoms. The van der Waals surface area contributed by atoms with E-state index in [1.807, 2.05) is 0 Å². The third-order valence-corrected chi connectivity index (χ3v) is 4.62. The number of nitrogens with zero attached hydrogens (tertiary/aromatic N) is 1. The first-order valence-electron chi connectivity index (χ1n) is 5.49. The van der Waals surface area contributed by atoms with E-state index in [4.69, 9.17) is 5.73 Å². The van der Waals surface area contributed by atoms with E-state index in [2.05, 4.69) is 4.98 Å². The molecule has 0 aliphatic carbocycles. The molecule has 8 heteroatoms. The van der Waals surface area contributed by atoms with Crippen LogP contribution in [0, 0.1) is 0 Å². The lowest BCUT2D eigenvalue weighted by Crippen LogP contribution is -2.39. The van der Waals surface area contributed by atoms with Gasteiger partial charge in [-0.2, -0.15) is 13.2 Å². The van der Waals surface area contributed by atoms with Gasteiger partial charge in [0.2, 0.25) is 0 Å². The van der Waals surface area contributed by atoms with Gasteiger partial charge in [-0.3, -0.25) is 0 Å². The molecule has 0 radical (unpaired) electrons. The Kier molecular flexibility index (Phi) is 3.99. The van der Waals surface area contributed by atoms with E-state index in [0.717, 1.165) is 16.0 Å². The summed E-state index contributed by atoms with van der Waals surface area (Å²) < 4.78 is 38.9. The van der Waals surface area contributed by atoms with Crippen molar-refractivity contribution in [1.82, 2.24) is 4.98 Å². The summed E-state index contributed by atoms with van der Waals surface area (Å²) in [6.45, 7) is 0.735. The monoisotopic (exact) mass is 320 g/mol. The standard InChI is InChI=1S/C12H11F3N2OS2/c1-11(18,12(13,14)15)7-2-4-8(5-3-7)19-9-6-17-10(16)20-9/h2-6,18H,1H3,(H2,16,17). The molecule has 20 heavy (non-hydrogen) atoms. The van der Waals surface area contributed by atoms with E-state index in [1.165, 1.54) is 47.4 Å². The fourth-order valence-corrected chi connectivity index (χ4v) is 3.18. The highest BCUT2D eigenvalue weighted by atomic mass is 32.2. The number of benzene rings is 1. The summed E-state index contributed by atoms with van der Waals surface area (Å²) in [6.07, 6.45) is -3.11. The molecule has 2 rings (SSSR count). The van der Waals surface area contributed by atoms with Crippen molar-refractivity contribution >= 4 is 28.2 Å². The zero-order valence-corrected chi connectivity index (χ0v) is 11.9. The number of halogens is 3. The van der Waals surface area contributed by atoms with E-state index in [-0.39, 0.29) is 5.56 Å². The van der Waals surface area contributed by atoms with Crippen LogP contribution in [-0.2, 0) is 5.60 Å². The fourth-order valence-electron chi connectivity index (χ4n) is 1.45. The van der Waals surface area contributed by atoms with Gasteiger partial charge in [0.25, 0.3) is 0 Å². The van der Waals surface area contributed by atoms with Crippen LogP contribution in [0.25, 0.3) is 0 Å². The number of hydrogen-bond acceptors (Lipinski definition) is 5. The predicted molar refractivity (Wildman–Crippen MR) is 72.7 cm³/mol. The van der Waals surface area contributed by atoms with Crippen LogP contribution in [0.1, 0.15) is 12.5 Å². The molecule has 1 aromatic carbocycles. The molecular formula is C12H11F3N2OS2. The van der Waals surface area contributed by atoms with E-state index in [9.17, 15) is 18.3 Å². The van der Waals surface area contributed by atoms with Crippen LogP contribution < -0.4 is 5.73 Å². The van der Waals surface area contributed by atoms with Crippen molar-refractivity contribution in [3.05, 3.63) is 36.0 Å². The third-order valence-electron chi connectivity index (χ3n) is 2.69. The average Bonchev–Trinajstić information content (AvgIpc) is 2.74. The summed E-state index contributed by atoms with van der Waals surface area (Å²) in [7, 11) is 0. The Morgan fingerprint density at radius 1 is 1.25 bits per heavy atom. The Morgan fingerprint density at radius 2 is 1.85 bits per heavy atom. The van der Waals surface area contributed by atoms with E-state index in [1.54, 1.807) is 6.20 Å². The lowest BCUT2D eigenvalue weighted by atomic mass is 9.96. The number of alkyl halides is 3. The molecule has 1 heterocycles. The molecule has 0 saturated carbocycles. The van der Waals surface area contributed by atoms with Gasteiger partial charge in [-0.05, 0) is 24.6 Å². The minimum absolute atomic E-state index is 0.196. The maximum Gasteiger partial charge on any atom is 0.421 e. The van der Waals surface area contributed by atoms with Crippen molar-refractivity contribution < 1.29 is 18.3 Å². The highest BCUT2D eigenvalue weighted by Gasteiger charge is 2.51. The zero-order valence-electron chi connectivity index (χ0n) is 10.3. The first kappa shape index (κ1) is 15.1. The van der Waals surface area contributed by atoms with E-state index in [0.29, 0.717) is 5.13 Å². The fraction of sp³-hybridized carbons (Fsp3) is 0.250. The number of nitrogens with two attached hydrogens (primary N) is 1. The normalized spacial score (nSPS) is 15.1. The average molecular weight is 320 g/mol. The van der Waals surface area contributed by atoms with Crippen LogP contribution >= 0.6 is 23.1 Å². The van der Waals surface area contributed by atoms with Crippen molar-refractivity contribution in [2.45, 2.75) is 27.8 Å². The maximum atomic E-state index is 12.7. The Morgan fingerprint density at radius 3 is 2.30 bits per heavy atom. The number of thiazole rings is 1. The largest absolute Gasteiger partial charge is 0.421 e. The van der Waals surface area contributed by atoms with Gasteiger partial charge < -0.3 is 10.8 Å². The highest BCUT2D eigenvalue weighted by Crippen LogP contribution is 2.39. The second-order valence-corrected chi connectivity index (χ2v) is 6.65. The molecule has 0 aliphatic rings. The Labute approximate surface area is 121 Å². The highest BCUT2D eigenvalue weighted by molar-refractivity contribution is 8.01. The molecule has 1 atom stereocenters. The van der Waals surface area contributed by atoms with Crippen molar-refractivity contribution in [3.8, 4) is 0 Å². The minimum Gasteiger partial charge on any atom is -0.376 e. The number of hydrogen-bond donors (Lipinski definition) is 2. The van der Waals surface area contributed by atoms with Gasteiger partial charge in [0, 0.05) is 4.90 Å². The number of nitrogen functional groups attached to an aromatic ring is 1. The smallest absolute Gasteiger partial charge is 0.376 e. The molecule has 0 amide bonds. The van der Waals surface area contributed by atoms with Gasteiger partial charge >= 0.3 is 6.18 Å². The first-order valence-corrected chi connectivity index (χ1v) is 7.12. The molecular weight excluding hydrogens is 309 g/mol. The minimum atomic E-state index is -4.71. The first-order chi connectivity index (χ1) is 9.20. The molecule has 1 aromatic heterocycles. The van der Waals surface area contributed by atoms with Crippen LogP contribution in [0.5, 0.6) is 0 Å². The van der Waals surface area contributed by atoms with Gasteiger partial charge in [-0.15, -0.1) is 0 Å². The molecule has 3 nitrogen and oxygen atoms in total. The van der Waals surface area contributed by atoms with Gasteiger partial charge in [-0.25, -0.2) is 4.98 Å². The van der Waals surface area contributed by atoms with Crippen LogP contribution in [-0.4, -0.2) is 16.3 Å². The molecule has 3 N–H and O–H groups in total. The molecule has 0 fully saturated rings. The zero-order chi connectivity index (χ0) is 15.0. The summed E-state index contributed by atoms with van der Waals surface area (Å²) in [6, 6.07) is 5.58. The third kappa shape index (κ3) is 3.08. The van der Waals surface area contributed by atoms with Crippen molar-refractivity contribution in [3.63, 3.8) is 0 Å². The summed E-state index contributed by atoms with van der Waals surface area (Å²) in [5.74, 6) is 0. The molecule has 2 aromatic rings. The van der Waals surface area contributed by atoms with Crippen LogP contribution in [0.2, 0.25) is 0 Å². The Hall–Kier alpha value is -1.25.